The molecule has 3 aromatic rings. The van der Waals surface area contributed by atoms with Crippen molar-refractivity contribution >= 4 is 22.5 Å². The highest BCUT2D eigenvalue weighted by molar-refractivity contribution is 6.10. The largest absolute Gasteiger partial charge is 0.423 e. The molecular formula is C27H26O4. The summed E-state index contributed by atoms with van der Waals surface area (Å²) in [6.45, 7) is 11.4. The summed E-state index contributed by atoms with van der Waals surface area (Å²) in [7, 11) is 1.50. The number of fused-ring (bicyclic) bond motifs is 1. The lowest BCUT2D eigenvalue weighted by Crippen LogP contribution is -2.13. The number of ketones is 1. The van der Waals surface area contributed by atoms with Crippen LogP contribution in [0, 0.1) is 0 Å². The van der Waals surface area contributed by atoms with Crippen LogP contribution in [0.1, 0.15) is 29.8 Å². The van der Waals surface area contributed by atoms with Gasteiger partial charge in [-0.15, -0.1) is 0 Å². The maximum Gasteiger partial charge on any atom is 0.341 e. The predicted molar refractivity (Wildman–Crippen MR) is 125 cm³/mol. The van der Waals surface area contributed by atoms with Crippen molar-refractivity contribution in [1.29, 1.82) is 0 Å². The average molecular weight is 415 g/mol. The quantitative estimate of drug-likeness (QED) is 0.198. The van der Waals surface area contributed by atoms with Crippen LogP contribution in [-0.4, -0.2) is 25.5 Å². The molecule has 0 radical (unpaired) electrons. The number of methoxy groups -OCH3 is 1. The topological polar surface area (TPSA) is 52.6 Å². The normalized spacial score (nSPS) is 10.7. The molecule has 0 saturated carbocycles. The standard InChI is InChI=1S/C27H26O4/c1-6-23-24(13-9-20-15-21(10-14-25(20)23)26(28)17(2)3)19-7-11-22(12-8-19)31-27(29)18(4)16-30-5/h7-15H,2,4,6,16H2,1,3,5H3. The Bertz CT molecular complexity index is 1170. The van der Waals surface area contributed by atoms with Crippen molar-refractivity contribution in [1.82, 2.24) is 0 Å². The summed E-state index contributed by atoms with van der Waals surface area (Å²) in [6.07, 6.45) is 0.841. The Balaban J connectivity index is 1.92. The van der Waals surface area contributed by atoms with E-state index in [0.29, 0.717) is 16.9 Å². The van der Waals surface area contributed by atoms with Gasteiger partial charge >= 0.3 is 5.97 Å². The average Bonchev–Trinajstić information content (AvgIpc) is 2.77. The van der Waals surface area contributed by atoms with Gasteiger partial charge in [-0.05, 0) is 64.6 Å². The zero-order chi connectivity index (χ0) is 22.5. The van der Waals surface area contributed by atoms with Crippen molar-refractivity contribution < 1.29 is 19.1 Å². The molecule has 4 heteroatoms. The van der Waals surface area contributed by atoms with E-state index in [1.54, 1.807) is 19.1 Å². The van der Waals surface area contributed by atoms with Gasteiger partial charge in [0, 0.05) is 12.7 Å². The van der Waals surface area contributed by atoms with E-state index in [1.165, 1.54) is 12.7 Å². The highest BCUT2D eigenvalue weighted by Crippen LogP contribution is 2.32. The van der Waals surface area contributed by atoms with E-state index in [-0.39, 0.29) is 18.0 Å². The van der Waals surface area contributed by atoms with Gasteiger partial charge in [-0.3, -0.25) is 4.79 Å². The van der Waals surface area contributed by atoms with Crippen LogP contribution in [0.15, 0.2) is 78.9 Å². The lowest BCUT2D eigenvalue weighted by atomic mass is 9.91. The fourth-order valence-corrected chi connectivity index (χ4v) is 3.55. The summed E-state index contributed by atoms with van der Waals surface area (Å²) < 4.78 is 10.3. The van der Waals surface area contributed by atoms with Crippen LogP contribution >= 0.6 is 0 Å². The van der Waals surface area contributed by atoms with Gasteiger partial charge in [0.15, 0.2) is 5.78 Å². The van der Waals surface area contributed by atoms with E-state index in [4.69, 9.17) is 9.47 Å². The number of allylic oxidation sites excluding steroid dienone is 1. The molecule has 3 aromatic carbocycles. The van der Waals surface area contributed by atoms with Crippen molar-refractivity contribution in [2.45, 2.75) is 20.3 Å². The Morgan fingerprint density at radius 3 is 2.29 bits per heavy atom. The second-order valence-corrected chi connectivity index (χ2v) is 7.44. The Hall–Kier alpha value is -3.50. The molecule has 31 heavy (non-hydrogen) atoms. The Morgan fingerprint density at radius 1 is 0.968 bits per heavy atom. The summed E-state index contributed by atoms with van der Waals surface area (Å²) in [5.41, 5.74) is 4.77. The Morgan fingerprint density at radius 2 is 1.68 bits per heavy atom. The Kier molecular flexibility index (Phi) is 6.83. The number of ether oxygens (including phenoxy) is 2. The summed E-state index contributed by atoms with van der Waals surface area (Å²) >= 11 is 0. The first-order valence-electron chi connectivity index (χ1n) is 10.1. The van der Waals surface area contributed by atoms with Gasteiger partial charge in [0.1, 0.15) is 5.75 Å². The smallest absolute Gasteiger partial charge is 0.341 e. The van der Waals surface area contributed by atoms with Crippen LogP contribution in [0.4, 0.5) is 0 Å². The molecule has 0 amide bonds. The molecule has 0 N–H and O–H groups in total. The molecule has 0 aromatic heterocycles. The molecule has 0 aliphatic rings. The first-order valence-corrected chi connectivity index (χ1v) is 10.1. The number of carbonyl (C=O) groups excluding carboxylic acids is 2. The number of esters is 1. The van der Waals surface area contributed by atoms with Gasteiger partial charge in [0.05, 0.1) is 12.2 Å². The highest BCUT2D eigenvalue weighted by atomic mass is 16.5. The van der Waals surface area contributed by atoms with Crippen LogP contribution in [-0.2, 0) is 16.0 Å². The fraction of sp³-hybridized carbons (Fsp3) is 0.185. The van der Waals surface area contributed by atoms with Crippen molar-refractivity contribution in [3.8, 4) is 16.9 Å². The van der Waals surface area contributed by atoms with Gasteiger partial charge in [-0.1, -0.05) is 56.5 Å². The van der Waals surface area contributed by atoms with Crippen molar-refractivity contribution in [2.75, 3.05) is 13.7 Å². The molecular weight excluding hydrogens is 388 g/mol. The molecule has 0 spiro atoms. The summed E-state index contributed by atoms with van der Waals surface area (Å²) in [5.74, 6) is -0.0928. The van der Waals surface area contributed by atoms with Crippen LogP contribution < -0.4 is 4.74 Å². The van der Waals surface area contributed by atoms with E-state index in [2.05, 4.69) is 26.1 Å². The third-order valence-electron chi connectivity index (χ3n) is 5.12. The lowest BCUT2D eigenvalue weighted by Gasteiger charge is -2.14. The molecule has 0 atom stereocenters. The monoisotopic (exact) mass is 414 g/mol. The molecule has 0 unspecified atom stereocenters. The number of benzene rings is 3. The zero-order valence-electron chi connectivity index (χ0n) is 18.2. The minimum absolute atomic E-state index is 0.0395. The van der Waals surface area contributed by atoms with Crippen LogP contribution in [0.2, 0.25) is 0 Å². The molecule has 0 saturated heterocycles. The molecule has 0 heterocycles. The van der Waals surface area contributed by atoms with Crippen molar-refractivity contribution in [3.05, 3.63) is 90.0 Å². The zero-order valence-corrected chi connectivity index (χ0v) is 18.2. The van der Waals surface area contributed by atoms with E-state index >= 15 is 0 Å². The first kappa shape index (κ1) is 22.2. The maximum atomic E-state index is 12.3. The third kappa shape index (κ3) is 4.81. The van der Waals surface area contributed by atoms with Gasteiger partial charge in [0.2, 0.25) is 0 Å². The Labute approximate surface area is 182 Å². The lowest BCUT2D eigenvalue weighted by molar-refractivity contribution is -0.130. The molecule has 4 nitrogen and oxygen atoms in total. The fourth-order valence-electron chi connectivity index (χ4n) is 3.55. The van der Waals surface area contributed by atoms with Crippen LogP contribution in [0.5, 0.6) is 5.75 Å². The van der Waals surface area contributed by atoms with Crippen LogP contribution in [0.25, 0.3) is 21.9 Å². The van der Waals surface area contributed by atoms with Crippen molar-refractivity contribution in [2.24, 2.45) is 0 Å². The molecule has 0 aliphatic carbocycles. The SMILES string of the molecule is C=C(C)C(=O)c1ccc2c(CC)c(-c3ccc(OC(=O)C(=C)COC)cc3)ccc2c1. The summed E-state index contributed by atoms with van der Waals surface area (Å²) in [6, 6.07) is 17.3. The van der Waals surface area contributed by atoms with Gasteiger partial charge in [0.25, 0.3) is 0 Å². The van der Waals surface area contributed by atoms with Gasteiger partial charge in [-0.2, -0.15) is 0 Å². The maximum absolute atomic E-state index is 12.3. The minimum atomic E-state index is -0.505. The second kappa shape index (κ2) is 9.54. The first-order chi connectivity index (χ1) is 14.8. The predicted octanol–water partition coefficient (Wildman–Crippen LogP) is 5.94. The number of hydrogen-bond acceptors (Lipinski definition) is 4. The van der Waals surface area contributed by atoms with Crippen molar-refractivity contribution in [3.63, 3.8) is 0 Å². The molecule has 0 aliphatic heterocycles. The highest BCUT2D eigenvalue weighted by Gasteiger charge is 2.13. The summed E-state index contributed by atoms with van der Waals surface area (Å²) in [5, 5.41) is 2.14. The number of Topliss-reactive ketones (excluding diaryl/α,β-unsaturated/α-hetero) is 1. The summed E-state index contributed by atoms with van der Waals surface area (Å²) in [4.78, 5) is 24.3. The van der Waals surface area contributed by atoms with E-state index in [1.807, 2.05) is 36.4 Å². The molecule has 0 fully saturated rings. The molecule has 3 rings (SSSR count). The third-order valence-corrected chi connectivity index (χ3v) is 5.12. The number of aryl methyl sites for hydroxylation is 1. The van der Waals surface area contributed by atoms with E-state index < -0.39 is 5.97 Å². The van der Waals surface area contributed by atoms with E-state index in [0.717, 1.165) is 28.3 Å². The second-order valence-electron chi connectivity index (χ2n) is 7.44. The van der Waals surface area contributed by atoms with E-state index in [9.17, 15) is 9.59 Å². The minimum Gasteiger partial charge on any atom is -0.423 e. The number of rotatable bonds is 8. The molecule has 158 valence electrons. The molecule has 0 bridgehead atoms. The number of hydrogen-bond donors (Lipinski definition) is 0. The van der Waals surface area contributed by atoms with Crippen LogP contribution in [0.3, 0.4) is 0 Å². The van der Waals surface area contributed by atoms with Gasteiger partial charge < -0.3 is 9.47 Å². The number of carbonyl (C=O) groups is 2. The van der Waals surface area contributed by atoms with Gasteiger partial charge in [-0.25, -0.2) is 4.79 Å².